The fraction of sp³-hybridized carbons (Fsp3) is 0.188. The zero-order chi connectivity index (χ0) is 15.0. The number of carbonyl (C=O) groups excluding carboxylic acids is 1. The summed E-state index contributed by atoms with van der Waals surface area (Å²) in [6, 6.07) is 9.28. The molecule has 1 heterocycles. The molecule has 0 fully saturated rings. The minimum atomic E-state index is -0.487. The topological polar surface area (TPSA) is 76.0 Å². The van der Waals surface area contributed by atoms with Gasteiger partial charge in [-0.05, 0) is 29.8 Å². The number of ether oxygens (including phenoxy) is 2. The molecule has 5 nitrogen and oxygen atoms in total. The van der Waals surface area contributed by atoms with E-state index in [0.29, 0.717) is 22.6 Å². The van der Waals surface area contributed by atoms with Gasteiger partial charge in [0.05, 0.1) is 18.6 Å². The minimum Gasteiger partial charge on any atom is -0.508 e. The van der Waals surface area contributed by atoms with E-state index >= 15 is 0 Å². The summed E-state index contributed by atoms with van der Waals surface area (Å²) in [6.45, 7) is 0.168. The first-order chi connectivity index (χ1) is 10.1. The van der Waals surface area contributed by atoms with Gasteiger partial charge in [0.25, 0.3) is 0 Å². The fourth-order valence-corrected chi connectivity index (χ4v) is 2.44. The Balaban J connectivity index is 1.96. The van der Waals surface area contributed by atoms with E-state index < -0.39 is 5.92 Å². The molecule has 2 aromatic rings. The Morgan fingerprint density at radius 1 is 1.19 bits per heavy atom. The van der Waals surface area contributed by atoms with Crippen molar-refractivity contribution >= 4 is 5.78 Å². The van der Waals surface area contributed by atoms with Gasteiger partial charge in [-0.2, -0.15) is 0 Å². The van der Waals surface area contributed by atoms with E-state index in [1.807, 2.05) is 0 Å². The maximum atomic E-state index is 12.5. The quantitative estimate of drug-likeness (QED) is 0.887. The third-order valence-electron chi connectivity index (χ3n) is 3.56. The van der Waals surface area contributed by atoms with E-state index in [2.05, 4.69) is 0 Å². The van der Waals surface area contributed by atoms with Gasteiger partial charge < -0.3 is 19.7 Å². The molecular formula is C16H14O5. The number of ketones is 1. The van der Waals surface area contributed by atoms with Gasteiger partial charge in [-0.3, -0.25) is 4.79 Å². The third-order valence-corrected chi connectivity index (χ3v) is 3.56. The number of hydrogen-bond donors (Lipinski definition) is 2. The highest BCUT2D eigenvalue weighted by Crippen LogP contribution is 2.37. The molecule has 0 saturated heterocycles. The van der Waals surface area contributed by atoms with Crippen LogP contribution >= 0.6 is 0 Å². The maximum Gasteiger partial charge on any atom is 0.177 e. The maximum absolute atomic E-state index is 12.5. The average Bonchev–Trinajstić information content (AvgIpc) is 2.47. The predicted octanol–water partition coefficient (Wildman–Crippen LogP) is 2.47. The fourth-order valence-electron chi connectivity index (χ4n) is 2.44. The van der Waals surface area contributed by atoms with Crippen LogP contribution in [0.25, 0.3) is 0 Å². The van der Waals surface area contributed by atoms with E-state index in [-0.39, 0.29) is 23.9 Å². The first-order valence-corrected chi connectivity index (χ1v) is 6.47. The number of hydrogen-bond acceptors (Lipinski definition) is 5. The summed E-state index contributed by atoms with van der Waals surface area (Å²) in [5.41, 5.74) is 1.09. The largest absolute Gasteiger partial charge is 0.508 e. The van der Waals surface area contributed by atoms with Crippen LogP contribution in [0.1, 0.15) is 21.8 Å². The molecule has 1 aliphatic heterocycles. The lowest BCUT2D eigenvalue weighted by atomic mass is 9.89. The number of benzene rings is 2. The van der Waals surface area contributed by atoms with Gasteiger partial charge in [0.2, 0.25) is 0 Å². The summed E-state index contributed by atoms with van der Waals surface area (Å²) in [5, 5.41) is 19.2. The van der Waals surface area contributed by atoms with Crippen LogP contribution in [0.4, 0.5) is 0 Å². The van der Waals surface area contributed by atoms with Crippen LogP contribution in [-0.4, -0.2) is 29.7 Å². The molecule has 3 rings (SSSR count). The Hall–Kier alpha value is -2.69. The van der Waals surface area contributed by atoms with Crippen molar-refractivity contribution in [2.45, 2.75) is 5.92 Å². The van der Waals surface area contributed by atoms with Crippen molar-refractivity contribution in [3.63, 3.8) is 0 Å². The summed E-state index contributed by atoms with van der Waals surface area (Å²) in [5.74, 6) is 0.197. The number of aromatic hydroxyl groups is 2. The summed E-state index contributed by atoms with van der Waals surface area (Å²) >= 11 is 0. The van der Waals surface area contributed by atoms with Gasteiger partial charge in [0.1, 0.15) is 18.1 Å². The van der Waals surface area contributed by atoms with Gasteiger partial charge in [-0.15, -0.1) is 0 Å². The molecule has 21 heavy (non-hydrogen) atoms. The Morgan fingerprint density at radius 2 is 2.00 bits per heavy atom. The monoisotopic (exact) mass is 286 g/mol. The minimum absolute atomic E-state index is 0.0145. The van der Waals surface area contributed by atoms with Gasteiger partial charge in [-0.1, -0.05) is 6.07 Å². The first-order valence-electron chi connectivity index (χ1n) is 6.47. The van der Waals surface area contributed by atoms with Crippen LogP contribution < -0.4 is 9.47 Å². The highest BCUT2D eigenvalue weighted by Gasteiger charge is 2.30. The Bertz CT molecular complexity index is 708. The van der Waals surface area contributed by atoms with E-state index in [0.717, 1.165) is 0 Å². The first kappa shape index (κ1) is 13.3. The second-order valence-corrected chi connectivity index (χ2v) is 4.84. The summed E-state index contributed by atoms with van der Waals surface area (Å²) in [7, 11) is 1.46. The number of rotatable bonds is 2. The van der Waals surface area contributed by atoms with Crippen molar-refractivity contribution in [1.29, 1.82) is 0 Å². The van der Waals surface area contributed by atoms with Crippen molar-refractivity contribution in [1.82, 2.24) is 0 Å². The van der Waals surface area contributed by atoms with Crippen LogP contribution in [0, 0.1) is 0 Å². The lowest BCUT2D eigenvalue weighted by Gasteiger charge is -2.24. The second-order valence-electron chi connectivity index (χ2n) is 4.84. The lowest BCUT2D eigenvalue weighted by Crippen LogP contribution is -2.25. The zero-order valence-electron chi connectivity index (χ0n) is 11.4. The molecule has 0 unspecified atom stereocenters. The van der Waals surface area contributed by atoms with Crippen molar-refractivity contribution in [2.75, 3.05) is 13.7 Å². The van der Waals surface area contributed by atoms with Crippen molar-refractivity contribution < 1.29 is 24.5 Å². The molecule has 0 aromatic heterocycles. The molecule has 1 atom stereocenters. The van der Waals surface area contributed by atoms with Gasteiger partial charge in [-0.25, -0.2) is 0 Å². The second kappa shape index (κ2) is 5.01. The molecule has 0 bridgehead atoms. The molecule has 0 spiro atoms. The molecule has 5 heteroatoms. The molecule has 0 amide bonds. The number of Topliss-reactive ketones (excluding diaryl/α,β-unsaturated/α-hetero) is 1. The summed E-state index contributed by atoms with van der Waals surface area (Å²) in [4.78, 5) is 12.5. The SMILES string of the molecule is COc1ccc([C@H]2COc3cc(O)ccc3C2=O)cc1O. The van der Waals surface area contributed by atoms with Crippen LogP contribution in [0.5, 0.6) is 23.0 Å². The van der Waals surface area contributed by atoms with Crippen LogP contribution in [0.2, 0.25) is 0 Å². The highest BCUT2D eigenvalue weighted by atomic mass is 16.5. The standard InChI is InChI=1S/C16H14O5/c1-20-14-5-2-9(6-13(14)18)12-8-21-15-7-10(17)3-4-11(15)16(12)19/h2-7,12,17-18H,8H2,1H3/t12-/m1/s1. The Morgan fingerprint density at radius 3 is 2.71 bits per heavy atom. The van der Waals surface area contributed by atoms with Crippen molar-refractivity contribution in [3.05, 3.63) is 47.5 Å². The van der Waals surface area contributed by atoms with Crippen molar-refractivity contribution in [3.8, 4) is 23.0 Å². The molecule has 1 aliphatic rings. The predicted molar refractivity (Wildman–Crippen MR) is 75.3 cm³/mol. The van der Waals surface area contributed by atoms with Crippen LogP contribution in [0.15, 0.2) is 36.4 Å². The third kappa shape index (κ3) is 2.27. The smallest absolute Gasteiger partial charge is 0.177 e. The summed E-state index contributed by atoms with van der Waals surface area (Å²) in [6.07, 6.45) is 0. The zero-order valence-corrected chi connectivity index (χ0v) is 11.4. The molecule has 2 N–H and O–H groups in total. The molecule has 0 aliphatic carbocycles. The van der Waals surface area contributed by atoms with Gasteiger partial charge in [0.15, 0.2) is 17.3 Å². The van der Waals surface area contributed by atoms with E-state index in [9.17, 15) is 15.0 Å². The highest BCUT2D eigenvalue weighted by molar-refractivity contribution is 6.04. The number of fused-ring (bicyclic) bond motifs is 1. The molecule has 2 aromatic carbocycles. The van der Waals surface area contributed by atoms with Gasteiger partial charge >= 0.3 is 0 Å². The number of phenolic OH excluding ortho intramolecular Hbond substituents is 2. The molecule has 108 valence electrons. The molecular weight excluding hydrogens is 272 g/mol. The number of methoxy groups -OCH3 is 1. The van der Waals surface area contributed by atoms with E-state index in [1.54, 1.807) is 18.2 Å². The van der Waals surface area contributed by atoms with Crippen LogP contribution in [-0.2, 0) is 0 Å². The number of carbonyl (C=O) groups is 1. The van der Waals surface area contributed by atoms with Crippen LogP contribution in [0.3, 0.4) is 0 Å². The Labute approximate surface area is 121 Å². The lowest BCUT2D eigenvalue weighted by molar-refractivity contribution is 0.0896. The normalized spacial score (nSPS) is 17.0. The summed E-state index contributed by atoms with van der Waals surface area (Å²) < 4.78 is 10.5. The Kier molecular flexibility index (Phi) is 3.17. The molecule has 0 radical (unpaired) electrons. The van der Waals surface area contributed by atoms with E-state index in [1.165, 1.54) is 25.3 Å². The van der Waals surface area contributed by atoms with Gasteiger partial charge in [0, 0.05) is 6.07 Å². The average molecular weight is 286 g/mol. The van der Waals surface area contributed by atoms with E-state index in [4.69, 9.17) is 9.47 Å². The number of phenols is 2. The van der Waals surface area contributed by atoms with Crippen molar-refractivity contribution in [2.24, 2.45) is 0 Å². The molecule has 0 saturated carbocycles.